The molecule has 1 amide bonds. The van der Waals surface area contributed by atoms with Crippen LogP contribution < -0.4 is 5.32 Å². The van der Waals surface area contributed by atoms with Crippen molar-refractivity contribution < 1.29 is 13.2 Å². The Morgan fingerprint density at radius 3 is 2.26 bits per heavy atom. The maximum atomic E-state index is 12.5. The number of hydrogen-bond donors (Lipinski definition) is 1. The Kier molecular flexibility index (Phi) is 6.47. The fourth-order valence-corrected chi connectivity index (χ4v) is 5.31. The van der Waals surface area contributed by atoms with Gasteiger partial charge in [0.15, 0.2) is 0 Å². The first-order valence-corrected chi connectivity index (χ1v) is 11.4. The lowest BCUT2D eigenvalue weighted by atomic mass is 10.3. The monoisotopic (exact) mass is 424 g/mol. The number of sulfonamides is 1. The van der Waals surface area contributed by atoms with Crippen molar-refractivity contribution in [2.45, 2.75) is 34.8 Å². The van der Waals surface area contributed by atoms with Crippen LogP contribution in [0.4, 0.5) is 5.69 Å². The number of benzene rings is 2. The third-order valence-corrected chi connectivity index (χ3v) is 7.60. The molecule has 0 radical (unpaired) electrons. The zero-order valence-corrected chi connectivity index (χ0v) is 17.3. The van der Waals surface area contributed by atoms with E-state index in [2.05, 4.69) is 5.32 Å². The molecule has 8 heteroatoms. The standard InChI is InChI=1S/C19H21ClN2O3S2/c1-14(26-17-8-4-15(20)5-9-17)19(23)21-16-6-10-18(11-7-16)27(24,25)22-12-2-3-13-22/h4-11,14H,2-3,12-13H2,1H3,(H,21,23)/t14-/m0/s1. The Morgan fingerprint density at radius 2 is 1.67 bits per heavy atom. The first-order valence-electron chi connectivity index (χ1n) is 8.69. The molecular weight excluding hydrogens is 404 g/mol. The maximum Gasteiger partial charge on any atom is 0.243 e. The highest BCUT2D eigenvalue weighted by atomic mass is 35.5. The minimum Gasteiger partial charge on any atom is -0.325 e. The van der Waals surface area contributed by atoms with Crippen LogP contribution in [0.15, 0.2) is 58.3 Å². The summed E-state index contributed by atoms with van der Waals surface area (Å²) in [6, 6.07) is 13.6. The summed E-state index contributed by atoms with van der Waals surface area (Å²) in [5.74, 6) is -0.148. The van der Waals surface area contributed by atoms with Crippen molar-refractivity contribution in [3.63, 3.8) is 0 Å². The van der Waals surface area contributed by atoms with Crippen LogP contribution >= 0.6 is 23.4 Å². The molecule has 27 heavy (non-hydrogen) atoms. The van der Waals surface area contributed by atoms with Crippen LogP contribution in [0, 0.1) is 0 Å². The van der Waals surface area contributed by atoms with E-state index in [1.54, 1.807) is 36.4 Å². The minimum atomic E-state index is -3.44. The average molecular weight is 425 g/mol. The normalized spacial score (nSPS) is 16.2. The Bertz CT molecular complexity index is 894. The highest BCUT2D eigenvalue weighted by Gasteiger charge is 2.27. The van der Waals surface area contributed by atoms with Crippen molar-refractivity contribution in [2.24, 2.45) is 0 Å². The van der Waals surface area contributed by atoms with Gasteiger partial charge in [-0.05, 0) is 68.3 Å². The second-order valence-corrected chi connectivity index (χ2v) is 10.1. The van der Waals surface area contributed by atoms with Crippen LogP contribution in [-0.2, 0) is 14.8 Å². The van der Waals surface area contributed by atoms with Gasteiger partial charge >= 0.3 is 0 Å². The predicted octanol–water partition coefficient (Wildman–Crippen LogP) is 4.24. The lowest BCUT2D eigenvalue weighted by Crippen LogP contribution is -2.27. The Balaban J connectivity index is 1.61. The van der Waals surface area contributed by atoms with Crippen LogP contribution in [0.3, 0.4) is 0 Å². The van der Waals surface area contributed by atoms with E-state index in [9.17, 15) is 13.2 Å². The zero-order valence-electron chi connectivity index (χ0n) is 14.9. The molecule has 1 heterocycles. The highest BCUT2D eigenvalue weighted by Crippen LogP contribution is 2.26. The number of halogens is 1. The molecule has 1 fully saturated rings. The van der Waals surface area contributed by atoms with Crippen molar-refractivity contribution >= 4 is 45.0 Å². The summed E-state index contributed by atoms with van der Waals surface area (Å²) in [5.41, 5.74) is 0.573. The van der Waals surface area contributed by atoms with Gasteiger partial charge in [0.1, 0.15) is 0 Å². The first-order chi connectivity index (χ1) is 12.9. The molecule has 0 spiro atoms. The Labute approximate surface area is 169 Å². The molecule has 3 rings (SSSR count). The van der Waals surface area contributed by atoms with Crippen molar-refractivity contribution in [1.29, 1.82) is 0 Å². The van der Waals surface area contributed by atoms with Gasteiger partial charge in [0.25, 0.3) is 0 Å². The number of nitrogens with one attached hydrogen (secondary N) is 1. The predicted molar refractivity (Wildman–Crippen MR) is 110 cm³/mol. The van der Waals surface area contributed by atoms with Crippen LogP contribution in [0.1, 0.15) is 19.8 Å². The first kappa shape index (κ1) is 20.2. The van der Waals surface area contributed by atoms with E-state index in [1.165, 1.54) is 16.1 Å². The maximum absolute atomic E-state index is 12.5. The lowest BCUT2D eigenvalue weighted by Gasteiger charge is -2.16. The van der Waals surface area contributed by atoms with Gasteiger partial charge in [-0.15, -0.1) is 11.8 Å². The average Bonchev–Trinajstić information content (AvgIpc) is 3.19. The molecule has 1 aliphatic rings. The number of thioether (sulfide) groups is 1. The van der Waals surface area contributed by atoms with Crippen molar-refractivity contribution in [1.82, 2.24) is 4.31 Å². The molecule has 0 unspecified atom stereocenters. The van der Waals surface area contributed by atoms with Gasteiger partial charge in [0.05, 0.1) is 10.1 Å². The highest BCUT2D eigenvalue weighted by molar-refractivity contribution is 8.00. The summed E-state index contributed by atoms with van der Waals surface area (Å²) >= 11 is 7.30. The SMILES string of the molecule is C[C@H](Sc1ccc(Cl)cc1)C(=O)Nc1ccc(S(=O)(=O)N2CCCC2)cc1. The lowest BCUT2D eigenvalue weighted by molar-refractivity contribution is -0.115. The second kappa shape index (κ2) is 8.65. The fourth-order valence-electron chi connectivity index (χ4n) is 2.80. The largest absolute Gasteiger partial charge is 0.325 e. The summed E-state index contributed by atoms with van der Waals surface area (Å²) in [6.45, 7) is 2.96. The van der Waals surface area contributed by atoms with E-state index in [-0.39, 0.29) is 16.1 Å². The van der Waals surface area contributed by atoms with Crippen molar-refractivity contribution in [3.05, 3.63) is 53.6 Å². The molecule has 2 aromatic rings. The molecule has 0 saturated carbocycles. The Morgan fingerprint density at radius 1 is 1.07 bits per heavy atom. The topological polar surface area (TPSA) is 66.5 Å². The molecule has 0 bridgehead atoms. The summed E-state index contributed by atoms with van der Waals surface area (Å²) in [5, 5.41) is 3.17. The molecule has 1 N–H and O–H groups in total. The zero-order chi connectivity index (χ0) is 19.4. The quantitative estimate of drug-likeness (QED) is 0.704. The Hall–Kier alpha value is -1.54. The van der Waals surface area contributed by atoms with Crippen molar-refractivity contribution in [3.8, 4) is 0 Å². The summed E-state index contributed by atoms with van der Waals surface area (Å²) < 4.78 is 26.6. The van der Waals surface area contributed by atoms with Gasteiger partial charge in [0, 0.05) is 28.7 Å². The molecule has 2 aromatic carbocycles. The summed E-state index contributed by atoms with van der Waals surface area (Å²) in [7, 11) is -3.44. The van der Waals surface area contributed by atoms with Gasteiger partial charge in [-0.2, -0.15) is 4.31 Å². The van der Waals surface area contributed by atoms with Gasteiger partial charge < -0.3 is 5.32 Å². The van der Waals surface area contributed by atoms with Crippen LogP contribution in [-0.4, -0.2) is 37.0 Å². The molecule has 5 nitrogen and oxygen atoms in total. The minimum absolute atomic E-state index is 0.148. The number of carbonyl (C=O) groups excluding carboxylic acids is 1. The van der Waals surface area contributed by atoms with Gasteiger partial charge in [-0.1, -0.05) is 11.6 Å². The van der Waals surface area contributed by atoms with E-state index in [0.29, 0.717) is 23.8 Å². The molecule has 1 saturated heterocycles. The van der Waals surface area contributed by atoms with Gasteiger partial charge in [0.2, 0.25) is 15.9 Å². The molecule has 144 valence electrons. The third-order valence-electron chi connectivity index (χ3n) is 4.32. The molecule has 0 aromatic heterocycles. The molecule has 1 atom stereocenters. The molecule has 1 aliphatic heterocycles. The number of rotatable bonds is 6. The summed E-state index contributed by atoms with van der Waals surface area (Å²) in [4.78, 5) is 13.6. The van der Waals surface area contributed by atoms with E-state index in [0.717, 1.165) is 17.7 Å². The number of nitrogens with zero attached hydrogens (tertiary/aromatic N) is 1. The van der Waals surface area contributed by atoms with Crippen LogP contribution in [0.5, 0.6) is 0 Å². The van der Waals surface area contributed by atoms with E-state index < -0.39 is 10.0 Å². The second-order valence-electron chi connectivity index (χ2n) is 6.34. The van der Waals surface area contributed by atoms with Gasteiger partial charge in [-0.3, -0.25) is 4.79 Å². The van der Waals surface area contributed by atoms with Gasteiger partial charge in [-0.25, -0.2) is 8.42 Å². The molecular formula is C19H21ClN2O3S2. The van der Waals surface area contributed by atoms with E-state index in [4.69, 9.17) is 11.6 Å². The number of amides is 1. The molecule has 0 aliphatic carbocycles. The number of hydrogen-bond acceptors (Lipinski definition) is 4. The summed E-state index contributed by atoms with van der Waals surface area (Å²) in [6.07, 6.45) is 1.80. The smallest absolute Gasteiger partial charge is 0.243 e. The van der Waals surface area contributed by atoms with E-state index in [1.807, 2.05) is 19.1 Å². The van der Waals surface area contributed by atoms with Crippen LogP contribution in [0.25, 0.3) is 0 Å². The number of anilines is 1. The van der Waals surface area contributed by atoms with E-state index >= 15 is 0 Å². The third kappa shape index (κ3) is 5.04. The fraction of sp³-hybridized carbons (Fsp3) is 0.316. The number of carbonyl (C=O) groups is 1. The van der Waals surface area contributed by atoms with Crippen molar-refractivity contribution in [2.75, 3.05) is 18.4 Å². The van der Waals surface area contributed by atoms with Crippen LogP contribution in [0.2, 0.25) is 5.02 Å².